The van der Waals surface area contributed by atoms with Gasteiger partial charge in [-0.25, -0.2) is 4.98 Å². The number of rotatable bonds is 2. The number of hydrogen-bond donors (Lipinski definition) is 0. The van der Waals surface area contributed by atoms with Crippen molar-refractivity contribution in [3.8, 4) is 0 Å². The third kappa shape index (κ3) is 3.44. The summed E-state index contributed by atoms with van der Waals surface area (Å²) in [5.41, 5.74) is 0.546. The second-order valence-corrected chi connectivity index (χ2v) is 5.86. The topological polar surface area (TPSA) is 46.3 Å². The van der Waals surface area contributed by atoms with Crippen molar-refractivity contribution in [1.29, 1.82) is 0 Å². The Hall–Kier alpha value is -2.31. The van der Waals surface area contributed by atoms with Gasteiger partial charge in [0.15, 0.2) is 12.1 Å². The van der Waals surface area contributed by atoms with Crippen molar-refractivity contribution < 1.29 is 22.4 Å². The molecule has 7 heteroatoms. The molecule has 1 amide bonds. The summed E-state index contributed by atoms with van der Waals surface area (Å²) >= 11 is 0. The van der Waals surface area contributed by atoms with E-state index in [1.54, 1.807) is 0 Å². The highest BCUT2D eigenvalue weighted by Crippen LogP contribution is 2.33. The normalized spacial score (nSPS) is 19.1. The molecule has 0 saturated carbocycles. The average molecular weight is 338 g/mol. The molecule has 1 aliphatic heterocycles. The average Bonchev–Trinajstić information content (AvgIpc) is 2.94. The minimum Gasteiger partial charge on any atom is -0.438 e. The molecular weight excluding hydrogens is 321 g/mol. The maximum Gasteiger partial charge on any atom is 0.452 e. The number of benzene rings is 1. The molecule has 3 rings (SSSR count). The van der Waals surface area contributed by atoms with Gasteiger partial charge in [0, 0.05) is 13.1 Å². The van der Waals surface area contributed by atoms with E-state index in [0.29, 0.717) is 25.4 Å². The van der Waals surface area contributed by atoms with Gasteiger partial charge in [0.25, 0.3) is 5.91 Å². The first-order chi connectivity index (χ1) is 11.5. The summed E-state index contributed by atoms with van der Waals surface area (Å²) in [7, 11) is 0. The highest BCUT2D eigenvalue weighted by molar-refractivity contribution is 5.93. The van der Waals surface area contributed by atoms with Gasteiger partial charge < -0.3 is 9.32 Å². The fraction of sp³-hybridized carbons (Fsp3) is 0.412. The third-order valence-electron chi connectivity index (χ3n) is 4.31. The van der Waals surface area contributed by atoms with Gasteiger partial charge >= 0.3 is 6.18 Å². The molecule has 1 fully saturated rings. The summed E-state index contributed by atoms with van der Waals surface area (Å²) in [6.45, 7) is 0.828. The summed E-state index contributed by atoms with van der Waals surface area (Å²) < 4.78 is 43.0. The van der Waals surface area contributed by atoms with Crippen LogP contribution in [0.4, 0.5) is 13.2 Å². The zero-order valence-corrected chi connectivity index (χ0v) is 12.9. The van der Waals surface area contributed by atoms with Crippen LogP contribution < -0.4 is 0 Å². The smallest absolute Gasteiger partial charge is 0.438 e. The molecular formula is C17H17F3N2O2. The number of aromatic nitrogens is 1. The number of halogens is 3. The molecule has 128 valence electrons. The molecule has 1 aliphatic rings. The first-order valence-corrected chi connectivity index (χ1v) is 7.81. The minimum absolute atomic E-state index is 0.309. The van der Waals surface area contributed by atoms with Gasteiger partial charge in [-0.2, -0.15) is 13.2 Å². The van der Waals surface area contributed by atoms with Crippen LogP contribution in [0.3, 0.4) is 0 Å². The van der Waals surface area contributed by atoms with Crippen LogP contribution in [-0.4, -0.2) is 28.9 Å². The molecule has 0 N–H and O–H groups in total. The largest absolute Gasteiger partial charge is 0.452 e. The summed E-state index contributed by atoms with van der Waals surface area (Å²) in [6.07, 6.45) is -1.70. The predicted molar refractivity (Wildman–Crippen MR) is 80.4 cm³/mol. The molecule has 4 nitrogen and oxygen atoms in total. The van der Waals surface area contributed by atoms with Gasteiger partial charge in [0.05, 0.1) is 0 Å². The zero-order valence-electron chi connectivity index (χ0n) is 12.9. The lowest BCUT2D eigenvalue weighted by Crippen LogP contribution is -2.33. The lowest BCUT2D eigenvalue weighted by atomic mass is 9.92. The van der Waals surface area contributed by atoms with Gasteiger partial charge in [-0.15, -0.1) is 0 Å². The second kappa shape index (κ2) is 6.67. The Morgan fingerprint density at radius 2 is 1.92 bits per heavy atom. The Labute approximate surface area is 137 Å². The Morgan fingerprint density at radius 3 is 2.62 bits per heavy atom. The molecule has 2 heterocycles. The Kier molecular flexibility index (Phi) is 4.59. The van der Waals surface area contributed by atoms with Crippen molar-refractivity contribution in [3.05, 3.63) is 53.7 Å². The van der Waals surface area contributed by atoms with Gasteiger partial charge in [-0.1, -0.05) is 30.3 Å². The Morgan fingerprint density at radius 1 is 1.17 bits per heavy atom. The first-order valence-electron chi connectivity index (χ1n) is 7.81. The quantitative estimate of drug-likeness (QED) is 0.828. The van der Waals surface area contributed by atoms with Crippen molar-refractivity contribution in [1.82, 2.24) is 9.88 Å². The molecule has 0 radical (unpaired) electrons. The summed E-state index contributed by atoms with van der Waals surface area (Å²) in [4.78, 5) is 17.4. The van der Waals surface area contributed by atoms with Crippen LogP contribution in [0.5, 0.6) is 0 Å². The van der Waals surface area contributed by atoms with E-state index in [2.05, 4.69) is 9.40 Å². The van der Waals surface area contributed by atoms with Crippen LogP contribution in [0.1, 0.15) is 47.0 Å². The molecule has 2 aromatic rings. The third-order valence-corrected chi connectivity index (χ3v) is 4.31. The number of oxazole rings is 1. The lowest BCUT2D eigenvalue weighted by Gasteiger charge is -2.20. The molecule has 0 spiro atoms. The Bertz CT molecular complexity index is 697. The van der Waals surface area contributed by atoms with Gasteiger partial charge in [0.1, 0.15) is 0 Å². The molecule has 1 atom stereocenters. The van der Waals surface area contributed by atoms with Crippen molar-refractivity contribution in [2.75, 3.05) is 13.1 Å². The first kappa shape index (κ1) is 16.5. The van der Waals surface area contributed by atoms with Gasteiger partial charge in [-0.05, 0) is 30.7 Å². The van der Waals surface area contributed by atoms with E-state index < -0.39 is 23.5 Å². The van der Waals surface area contributed by atoms with E-state index in [0.717, 1.165) is 19.3 Å². The maximum atomic E-state index is 12.9. The standard InChI is InChI=1S/C17H17F3N2O2/c18-17(19,20)15-14(21-11-24-15)16(23)22-9-4-7-13(8-10-22)12-5-2-1-3-6-12/h1-3,5-6,11,13H,4,7-10H2. The highest BCUT2D eigenvalue weighted by atomic mass is 19.4. The molecule has 1 unspecified atom stereocenters. The van der Waals surface area contributed by atoms with E-state index in [1.807, 2.05) is 30.3 Å². The van der Waals surface area contributed by atoms with Gasteiger partial charge in [-0.3, -0.25) is 4.79 Å². The SMILES string of the molecule is O=C(c1ncoc1C(F)(F)F)N1CCCC(c2ccccc2)CC1. The van der Waals surface area contributed by atoms with Crippen LogP contribution in [0.25, 0.3) is 0 Å². The van der Waals surface area contributed by atoms with Crippen LogP contribution >= 0.6 is 0 Å². The lowest BCUT2D eigenvalue weighted by molar-refractivity contribution is -0.153. The number of carbonyl (C=O) groups excluding carboxylic acids is 1. The molecule has 0 aliphatic carbocycles. The van der Waals surface area contributed by atoms with Crippen LogP contribution in [0.2, 0.25) is 0 Å². The van der Waals surface area contributed by atoms with E-state index in [-0.39, 0.29) is 0 Å². The van der Waals surface area contributed by atoms with Crippen molar-refractivity contribution >= 4 is 5.91 Å². The van der Waals surface area contributed by atoms with Crippen LogP contribution in [0, 0.1) is 0 Å². The fourth-order valence-electron chi connectivity index (χ4n) is 3.11. The molecule has 1 aromatic heterocycles. The number of alkyl halides is 3. The predicted octanol–water partition coefficient (Wildman–Crippen LogP) is 4.10. The minimum atomic E-state index is -4.72. The van der Waals surface area contributed by atoms with E-state index in [1.165, 1.54) is 10.5 Å². The van der Waals surface area contributed by atoms with E-state index >= 15 is 0 Å². The highest BCUT2D eigenvalue weighted by Gasteiger charge is 2.41. The fourth-order valence-corrected chi connectivity index (χ4v) is 3.11. The summed E-state index contributed by atoms with van der Waals surface area (Å²) in [6, 6.07) is 9.96. The van der Waals surface area contributed by atoms with Crippen molar-refractivity contribution in [2.24, 2.45) is 0 Å². The summed E-state index contributed by atoms with van der Waals surface area (Å²) in [5, 5.41) is 0. The maximum absolute atomic E-state index is 12.9. The molecule has 0 bridgehead atoms. The number of amides is 1. The Balaban J connectivity index is 1.73. The van der Waals surface area contributed by atoms with Crippen LogP contribution in [0.15, 0.2) is 41.1 Å². The number of hydrogen-bond acceptors (Lipinski definition) is 3. The van der Waals surface area contributed by atoms with Crippen molar-refractivity contribution in [3.63, 3.8) is 0 Å². The van der Waals surface area contributed by atoms with E-state index in [9.17, 15) is 18.0 Å². The number of nitrogens with zero attached hydrogens (tertiary/aromatic N) is 2. The number of likely N-dealkylation sites (tertiary alicyclic amines) is 1. The monoisotopic (exact) mass is 338 g/mol. The zero-order chi connectivity index (χ0) is 17.2. The van der Waals surface area contributed by atoms with Crippen molar-refractivity contribution in [2.45, 2.75) is 31.4 Å². The van der Waals surface area contributed by atoms with E-state index in [4.69, 9.17) is 0 Å². The second-order valence-electron chi connectivity index (χ2n) is 5.86. The molecule has 1 saturated heterocycles. The molecule has 1 aromatic carbocycles. The van der Waals surface area contributed by atoms with Crippen LogP contribution in [-0.2, 0) is 6.18 Å². The summed E-state index contributed by atoms with van der Waals surface area (Å²) in [5.74, 6) is -1.73. The van der Waals surface area contributed by atoms with Gasteiger partial charge in [0.2, 0.25) is 5.76 Å². The number of carbonyl (C=O) groups is 1. The molecule has 24 heavy (non-hydrogen) atoms.